The van der Waals surface area contributed by atoms with E-state index in [4.69, 9.17) is 25.8 Å². The number of nitrogens with one attached hydrogen (secondary N) is 1. The number of carbonyl (C=O) groups is 1. The summed E-state index contributed by atoms with van der Waals surface area (Å²) in [4.78, 5) is 22.7. The van der Waals surface area contributed by atoms with Gasteiger partial charge >= 0.3 is 5.97 Å². The molecule has 0 saturated carbocycles. The highest BCUT2D eigenvalue weighted by Crippen LogP contribution is 2.37. The van der Waals surface area contributed by atoms with Crippen molar-refractivity contribution in [3.8, 4) is 11.5 Å². The summed E-state index contributed by atoms with van der Waals surface area (Å²) in [5, 5.41) is 3.61. The molecule has 1 aromatic heterocycles. The number of benzene rings is 2. The Labute approximate surface area is 195 Å². The van der Waals surface area contributed by atoms with Crippen LogP contribution in [0.15, 0.2) is 36.7 Å². The maximum absolute atomic E-state index is 14.4. The molecule has 174 valence electrons. The first-order valence-electron chi connectivity index (χ1n) is 10.4. The van der Waals surface area contributed by atoms with Crippen LogP contribution in [-0.4, -0.2) is 60.8 Å². The molecule has 2 aromatic carbocycles. The number of aromatic nitrogens is 2. The number of methoxy groups -OCH3 is 2. The Kier molecular flexibility index (Phi) is 6.80. The van der Waals surface area contributed by atoms with Crippen molar-refractivity contribution in [1.29, 1.82) is 0 Å². The van der Waals surface area contributed by atoms with Gasteiger partial charge in [0.05, 0.1) is 30.4 Å². The number of carbonyl (C=O) groups excluding carboxylic acids is 1. The van der Waals surface area contributed by atoms with Crippen LogP contribution in [0.3, 0.4) is 0 Å². The van der Waals surface area contributed by atoms with Crippen LogP contribution < -0.4 is 14.8 Å². The van der Waals surface area contributed by atoms with E-state index in [2.05, 4.69) is 15.3 Å². The number of fused-ring (bicyclic) bond motifs is 1. The molecule has 1 aliphatic rings. The van der Waals surface area contributed by atoms with Crippen molar-refractivity contribution in [3.63, 3.8) is 0 Å². The highest BCUT2D eigenvalue weighted by Gasteiger charge is 2.33. The molecule has 0 radical (unpaired) electrons. The first-order valence-corrected chi connectivity index (χ1v) is 10.8. The Balaban J connectivity index is 1.66. The van der Waals surface area contributed by atoms with Crippen molar-refractivity contribution in [3.05, 3.63) is 47.5 Å². The molecule has 1 saturated heterocycles. The molecule has 3 aromatic rings. The molecular formula is C23H24ClFN4O4. The van der Waals surface area contributed by atoms with E-state index in [1.165, 1.54) is 19.5 Å². The van der Waals surface area contributed by atoms with E-state index in [1.54, 1.807) is 31.4 Å². The first kappa shape index (κ1) is 23.0. The van der Waals surface area contributed by atoms with Gasteiger partial charge in [0, 0.05) is 24.4 Å². The minimum Gasteiger partial charge on any atom is -0.493 e. The summed E-state index contributed by atoms with van der Waals surface area (Å²) < 4.78 is 31.1. The van der Waals surface area contributed by atoms with E-state index in [0.717, 1.165) is 6.42 Å². The lowest BCUT2D eigenvalue weighted by atomic mass is 10.00. The summed E-state index contributed by atoms with van der Waals surface area (Å²) in [5.41, 5.74) is 0.784. The van der Waals surface area contributed by atoms with Crippen molar-refractivity contribution in [2.75, 3.05) is 33.1 Å². The summed E-state index contributed by atoms with van der Waals surface area (Å²) in [6, 6.07) is 7.80. The smallest absolute Gasteiger partial charge is 0.323 e. The topological polar surface area (TPSA) is 85.8 Å². The molecule has 1 aliphatic heterocycles. The zero-order valence-electron chi connectivity index (χ0n) is 18.5. The number of esters is 1. The lowest BCUT2D eigenvalue weighted by Gasteiger charge is -2.35. The van der Waals surface area contributed by atoms with Crippen LogP contribution in [0.25, 0.3) is 10.9 Å². The second-order valence-corrected chi connectivity index (χ2v) is 8.16. The predicted molar refractivity (Wildman–Crippen MR) is 123 cm³/mol. The van der Waals surface area contributed by atoms with Crippen molar-refractivity contribution in [2.24, 2.45) is 0 Å². The third-order valence-electron chi connectivity index (χ3n) is 5.71. The number of ether oxygens (including phenoxy) is 3. The number of likely N-dealkylation sites (N-methyl/N-ethyl adjacent to an activating group) is 1. The fraction of sp³-hybridized carbons (Fsp3) is 0.348. The third-order valence-corrected chi connectivity index (χ3v) is 6.01. The second kappa shape index (κ2) is 9.76. The molecule has 8 nitrogen and oxygen atoms in total. The van der Waals surface area contributed by atoms with Crippen molar-refractivity contribution in [1.82, 2.24) is 14.9 Å². The van der Waals surface area contributed by atoms with Gasteiger partial charge in [0.2, 0.25) is 0 Å². The number of nitrogens with zero attached hydrogens (tertiary/aromatic N) is 3. The van der Waals surface area contributed by atoms with Gasteiger partial charge in [-0.05, 0) is 31.7 Å². The number of anilines is 2. The molecule has 0 aliphatic carbocycles. The van der Waals surface area contributed by atoms with Crippen molar-refractivity contribution < 1.29 is 23.4 Å². The van der Waals surface area contributed by atoms with Crippen LogP contribution in [0, 0.1) is 5.82 Å². The van der Waals surface area contributed by atoms with Crippen LogP contribution in [-0.2, 0) is 9.53 Å². The van der Waals surface area contributed by atoms with Crippen LogP contribution in [0.2, 0.25) is 5.02 Å². The molecule has 0 bridgehead atoms. The Morgan fingerprint density at radius 1 is 1.24 bits per heavy atom. The highest BCUT2D eigenvalue weighted by atomic mass is 35.5. The molecule has 33 heavy (non-hydrogen) atoms. The van der Waals surface area contributed by atoms with Gasteiger partial charge in [-0.3, -0.25) is 9.69 Å². The Bertz CT molecular complexity index is 1180. The fourth-order valence-corrected chi connectivity index (χ4v) is 4.07. The molecule has 1 N–H and O–H groups in total. The number of likely N-dealkylation sites (tertiary alicyclic amines) is 1. The van der Waals surface area contributed by atoms with Crippen molar-refractivity contribution in [2.45, 2.75) is 25.0 Å². The normalized spacial score (nSPS) is 18.7. The van der Waals surface area contributed by atoms with Gasteiger partial charge in [-0.2, -0.15) is 0 Å². The molecule has 2 atom stereocenters. The number of piperidine rings is 1. The number of hydrogen-bond acceptors (Lipinski definition) is 8. The largest absolute Gasteiger partial charge is 0.493 e. The zero-order chi connectivity index (χ0) is 23.5. The standard InChI is InChI=1S/C23H24ClFN4O4/c1-29-8-7-13(9-18(29)23(30)32-3)33-20-10-14-17(11-19(20)31-2)26-12-27-22(14)28-16-6-4-5-15(24)21(16)25/h4-6,10-13,18H,7-9H2,1-3H3,(H,26,27,28)/t13-,18-/m1/s1. The van der Waals surface area contributed by atoms with Crippen LogP contribution in [0.5, 0.6) is 11.5 Å². The minimum absolute atomic E-state index is 0.00600. The van der Waals surface area contributed by atoms with Gasteiger partial charge in [0.15, 0.2) is 17.3 Å². The average Bonchev–Trinajstić information content (AvgIpc) is 2.82. The van der Waals surface area contributed by atoms with Crippen molar-refractivity contribution >= 4 is 40.0 Å². The number of halogens is 2. The van der Waals surface area contributed by atoms with Gasteiger partial charge in [0.1, 0.15) is 24.3 Å². The summed E-state index contributed by atoms with van der Waals surface area (Å²) in [6.07, 6.45) is 2.37. The van der Waals surface area contributed by atoms with Gasteiger partial charge in [-0.1, -0.05) is 17.7 Å². The maximum atomic E-state index is 14.4. The number of hydrogen-bond donors (Lipinski definition) is 1. The summed E-state index contributed by atoms with van der Waals surface area (Å²) in [5.74, 6) is 0.502. The van der Waals surface area contributed by atoms with Gasteiger partial charge in [-0.25, -0.2) is 14.4 Å². The summed E-state index contributed by atoms with van der Waals surface area (Å²) in [7, 11) is 4.81. The first-order chi connectivity index (χ1) is 15.9. The van der Waals surface area contributed by atoms with Crippen LogP contribution in [0.4, 0.5) is 15.9 Å². The monoisotopic (exact) mass is 474 g/mol. The maximum Gasteiger partial charge on any atom is 0.323 e. The zero-order valence-corrected chi connectivity index (χ0v) is 19.2. The molecular weight excluding hydrogens is 451 g/mol. The SMILES string of the molecule is COC(=O)[C@H]1C[C@H](Oc2cc3c(Nc4cccc(Cl)c4F)ncnc3cc2OC)CCN1C. The third kappa shape index (κ3) is 4.79. The lowest BCUT2D eigenvalue weighted by molar-refractivity contribution is -0.149. The number of rotatable bonds is 6. The van der Waals surface area contributed by atoms with E-state index >= 15 is 0 Å². The van der Waals surface area contributed by atoms with Gasteiger partial charge in [0.25, 0.3) is 0 Å². The highest BCUT2D eigenvalue weighted by molar-refractivity contribution is 6.31. The Hall–Kier alpha value is -3.17. The van der Waals surface area contributed by atoms with E-state index in [9.17, 15) is 9.18 Å². The Morgan fingerprint density at radius 3 is 2.82 bits per heavy atom. The minimum atomic E-state index is -0.573. The van der Waals surface area contributed by atoms with Crippen LogP contribution >= 0.6 is 11.6 Å². The molecule has 1 fully saturated rings. The predicted octanol–water partition coefficient (Wildman–Crippen LogP) is 4.19. The molecule has 0 unspecified atom stereocenters. The molecule has 4 rings (SSSR count). The Morgan fingerprint density at radius 2 is 2.06 bits per heavy atom. The van der Waals surface area contributed by atoms with Gasteiger partial charge < -0.3 is 19.5 Å². The summed E-state index contributed by atoms with van der Waals surface area (Å²) >= 11 is 5.91. The molecule has 0 spiro atoms. The van der Waals surface area contributed by atoms with E-state index in [1.807, 2.05) is 11.9 Å². The quantitative estimate of drug-likeness (QED) is 0.532. The van der Waals surface area contributed by atoms with E-state index in [-0.39, 0.29) is 28.8 Å². The van der Waals surface area contributed by atoms with E-state index < -0.39 is 5.82 Å². The molecule has 0 amide bonds. The molecule has 10 heteroatoms. The lowest BCUT2D eigenvalue weighted by Crippen LogP contribution is -2.48. The van der Waals surface area contributed by atoms with E-state index in [0.29, 0.717) is 41.2 Å². The molecule has 2 heterocycles. The van der Waals surface area contributed by atoms with Crippen LogP contribution in [0.1, 0.15) is 12.8 Å². The van der Waals surface area contributed by atoms with Gasteiger partial charge in [-0.15, -0.1) is 0 Å². The fourth-order valence-electron chi connectivity index (χ4n) is 3.89. The second-order valence-electron chi connectivity index (χ2n) is 7.75. The average molecular weight is 475 g/mol. The summed E-state index contributed by atoms with van der Waals surface area (Å²) in [6.45, 7) is 0.685.